The Labute approximate surface area is 340 Å². The van der Waals surface area contributed by atoms with Crippen molar-refractivity contribution in [3.63, 3.8) is 0 Å². The zero-order valence-electron chi connectivity index (χ0n) is 26.7. The molecule has 0 atom stereocenters. The third-order valence-corrected chi connectivity index (χ3v) is 9.35. The molecule has 52 heavy (non-hydrogen) atoms. The van der Waals surface area contributed by atoms with Crippen molar-refractivity contribution in [2.45, 2.75) is 13.2 Å². The maximum absolute atomic E-state index is 9.08. The van der Waals surface area contributed by atoms with Gasteiger partial charge in [-0.2, -0.15) is 10.5 Å². The van der Waals surface area contributed by atoms with Gasteiger partial charge in [-0.05, 0) is 102 Å². The first-order valence-corrected chi connectivity index (χ1v) is 18.4. The van der Waals surface area contributed by atoms with E-state index in [1.165, 1.54) is 6.20 Å². The van der Waals surface area contributed by atoms with Gasteiger partial charge >= 0.3 is 0 Å². The number of pyridine rings is 2. The van der Waals surface area contributed by atoms with E-state index in [2.05, 4.69) is 70.5 Å². The number of rotatable bonds is 10. The number of nitrogens with zero attached hydrogens (tertiary/aromatic N) is 4. The molecule has 260 valence electrons. The Hall–Kier alpha value is -4.57. The molecule has 0 aliphatic rings. The highest BCUT2D eigenvalue weighted by Gasteiger charge is 2.17. The van der Waals surface area contributed by atoms with Crippen molar-refractivity contribution in [3.8, 4) is 46.9 Å². The molecule has 0 spiro atoms. The normalized spacial score (nSPS) is 10.2. The highest BCUT2D eigenvalue weighted by Crippen LogP contribution is 2.41. The van der Waals surface area contributed by atoms with Crippen molar-refractivity contribution in [1.29, 1.82) is 10.5 Å². The van der Waals surface area contributed by atoms with E-state index >= 15 is 0 Å². The molecule has 14 heteroatoms. The molecule has 0 aliphatic heterocycles. The smallest absolute Gasteiger partial charge is 0.232 e. The summed E-state index contributed by atoms with van der Waals surface area (Å²) in [6.07, 6.45) is 3.12. The Kier molecular flexibility index (Phi) is 14.0. The van der Waals surface area contributed by atoms with Crippen molar-refractivity contribution in [1.82, 2.24) is 9.97 Å². The number of halogens is 5. The number of anilines is 1. The minimum absolute atomic E-state index is 0.322. The molecule has 0 radical (unpaired) electrons. The number of nitrogens with two attached hydrogens (primary N) is 1. The predicted octanol–water partition coefficient (Wildman–Crippen LogP) is 11.7. The summed E-state index contributed by atoms with van der Waals surface area (Å²) in [5, 5.41) is 19.0. The van der Waals surface area contributed by atoms with E-state index in [1.54, 1.807) is 42.6 Å². The zero-order chi connectivity index (χ0) is 37.0. The first kappa shape index (κ1) is 38.7. The van der Waals surface area contributed by atoms with Crippen LogP contribution >= 0.6 is 77.7 Å². The summed E-state index contributed by atoms with van der Waals surface area (Å²) in [6, 6.07) is 33.2. The molecule has 0 aliphatic carbocycles. The van der Waals surface area contributed by atoms with E-state index in [-0.39, 0.29) is 0 Å². The van der Waals surface area contributed by atoms with Crippen LogP contribution in [0.3, 0.4) is 0 Å². The van der Waals surface area contributed by atoms with Gasteiger partial charge in [0.2, 0.25) is 11.8 Å². The molecule has 2 aromatic heterocycles. The molecule has 0 bridgehead atoms. The predicted molar refractivity (Wildman–Crippen MR) is 215 cm³/mol. The molecule has 9 nitrogen and oxygen atoms in total. The Bertz CT molecular complexity index is 2110. The summed E-state index contributed by atoms with van der Waals surface area (Å²) in [5.74, 6) is 2.52. The van der Waals surface area contributed by atoms with Gasteiger partial charge in [-0.1, -0.05) is 83.9 Å². The monoisotopic (exact) mass is 969 g/mol. The van der Waals surface area contributed by atoms with Crippen LogP contribution in [0.2, 0.25) is 10.0 Å². The molecular formula is C38H24Br2Cl2IN5O4. The fourth-order valence-corrected chi connectivity index (χ4v) is 6.74. The molecule has 6 rings (SSSR count). The molecule has 6 aromatic rings. The molecule has 0 saturated heterocycles. The van der Waals surface area contributed by atoms with Gasteiger partial charge in [-0.25, -0.2) is 9.97 Å². The minimum atomic E-state index is 0.322. The standard InChI is InChI=1S/C19H11BrClIN2O2.C19H13BrClN3O2/c20-17-18(26-15-7-13(9-23)6-14(21)8-15)16(22)10-24-19(17)25-11-12-4-2-1-3-5-12;20-17-18(26-15-7-13(9-22)6-14(21)8-15)16(23)10-24-19(17)25-11-12-4-2-1-3-5-12/h1-8,10H,11H2;1-8,10H,11,23H2. The maximum Gasteiger partial charge on any atom is 0.232 e. The lowest BCUT2D eigenvalue weighted by Crippen LogP contribution is -2.01. The number of aromatic nitrogens is 2. The second-order valence-corrected chi connectivity index (χ2v) is 14.2. The van der Waals surface area contributed by atoms with E-state index in [0.717, 1.165) is 14.7 Å². The van der Waals surface area contributed by atoms with Gasteiger partial charge in [-0.15, -0.1) is 0 Å². The van der Waals surface area contributed by atoms with Gasteiger partial charge < -0.3 is 24.7 Å². The number of benzene rings is 4. The van der Waals surface area contributed by atoms with Crippen LogP contribution in [0.4, 0.5) is 5.69 Å². The Morgan fingerprint density at radius 3 is 1.58 bits per heavy atom. The number of nitrogen functional groups attached to an aromatic ring is 1. The summed E-state index contributed by atoms with van der Waals surface area (Å²) in [4.78, 5) is 8.51. The highest BCUT2D eigenvalue weighted by molar-refractivity contribution is 14.1. The summed E-state index contributed by atoms with van der Waals surface area (Å²) in [5.41, 5.74) is 9.16. The third-order valence-electron chi connectivity index (χ3n) is 6.75. The van der Waals surface area contributed by atoms with E-state index in [4.69, 9.17) is 58.4 Å². The van der Waals surface area contributed by atoms with Gasteiger partial charge in [0.1, 0.15) is 33.7 Å². The fourth-order valence-electron chi connectivity index (χ4n) is 4.36. The average Bonchev–Trinajstić information content (AvgIpc) is 3.15. The molecule has 2 heterocycles. The zero-order valence-corrected chi connectivity index (χ0v) is 33.5. The molecule has 0 saturated carbocycles. The molecule has 4 aromatic carbocycles. The van der Waals surface area contributed by atoms with Crippen LogP contribution in [0, 0.1) is 26.2 Å². The van der Waals surface area contributed by atoms with Crippen molar-refractivity contribution < 1.29 is 18.9 Å². The van der Waals surface area contributed by atoms with Crippen molar-refractivity contribution in [2.75, 3.05) is 5.73 Å². The van der Waals surface area contributed by atoms with Gasteiger partial charge in [-0.3, -0.25) is 0 Å². The van der Waals surface area contributed by atoms with Crippen LogP contribution in [-0.4, -0.2) is 9.97 Å². The summed E-state index contributed by atoms with van der Waals surface area (Å²) in [7, 11) is 0. The van der Waals surface area contributed by atoms with Crippen LogP contribution in [0.1, 0.15) is 22.3 Å². The van der Waals surface area contributed by atoms with Crippen molar-refractivity contribution in [3.05, 3.63) is 154 Å². The molecule has 2 N–H and O–H groups in total. The van der Waals surface area contributed by atoms with Crippen LogP contribution in [0.15, 0.2) is 118 Å². The van der Waals surface area contributed by atoms with Crippen LogP contribution < -0.4 is 24.7 Å². The van der Waals surface area contributed by atoms with Gasteiger partial charge in [0.05, 0.1) is 38.7 Å². The summed E-state index contributed by atoms with van der Waals surface area (Å²) in [6.45, 7) is 0.744. The van der Waals surface area contributed by atoms with Crippen molar-refractivity contribution in [2.24, 2.45) is 0 Å². The lowest BCUT2D eigenvalue weighted by Gasteiger charge is -2.14. The van der Waals surface area contributed by atoms with Gasteiger partial charge in [0.25, 0.3) is 0 Å². The second-order valence-electron chi connectivity index (χ2n) is 10.5. The molecular weight excluding hydrogens is 948 g/mol. The van der Waals surface area contributed by atoms with E-state index in [9.17, 15) is 0 Å². The number of hydrogen-bond acceptors (Lipinski definition) is 9. The maximum atomic E-state index is 9.08. The molecule has 0 amide bonds. The molecule has 0 fully saturated rings. The second kappa shape index (κ2) is 18.8. The third kappa shape index (κ3) is 10.7. The van der Waals surface area contributed by atoms with Crippen LogP contribution in [0.25, 0.3) is 0 Å². The lowest BCUT2D eigenvalue weighted by molar-refractivity contribution is 0.289. The Balaban J connectivity index is 0.000000201. The average molecular weight is 972 g/mol. The molecule has 0 unspecified atom stereocenters. The van der Waals surface area contributed by atoms with E-state index in [0.29, 0.717) is 83.8 Å². The van der Waals surface area contributed by atoms with Crippen molar-refractivity contribution >= 4 is 83.3 Å². The first-order valence-electron chi connectivity index (χ1n) is 15.0. The lowest BCUT2D eigenvalue weighted by atomic mass is 10.2. The number of nitriles is 2. The van der Waals surface area contributed by atoms with Crippen LogP contribution in [-0.2, 0) is 13.2 Å². The van der Waals surface area contributed by atoms with Gasteiger partial charge in [0, 0.05) is 16.2 Å². The Morgan fingerprint density at radius 1 is 0.654 bits per heavy atom. The summed E-state index contributed by atoms with van der Waals surface area (Å²) >= 11 is 21.1. The highest BCUT2D eigenvalue weighted by atomic mass is 127. The SMILES string of the molecule is N#Cc1cc(Cl)cc(Oc2c(I)cnc(OCc3ccccc3)c2Br)c1.N#Cc1cc(Cl)cc(Oc2c(N)cnc(OCc3ccccc3)c2Br)c1. The van der Waals surface area contributed by atoms with E-state index < -0.39 is 0 Å². The number of hydrogen-bond donors (Lipinski definition) is 1. The first-order chi connectivity index (χ1) is 25.1. The topological polar surface area (TPSA) is 136 Å². The Morgan fingerprint density at radius 2 is 1.10 bits per heavy atom. The minimum Gasteiger partial charge on any atom is -0.472 e. The fraction of sp³-hybridized carbons (Fsp3) is 0.0526. The largest absolute Gasteiger partial charge is 0.472 e. The van der Waals surface area contributed by atoms with E-state index in [1.807, 2.05) is 66.7 Å². The quantitative estimate of drug-likeness (QED) is 0.133. The summed E-state index contributed by atoms with van der Waals surface area (Å²) < 4.78 is 25.2. The van der Waals surface area contributed by atoms with Crippen LogP contribution in [0.5, 0.6) is 34.8 Å². The number of ether oxygens (including phenoxy) is 4. The van der Waals surface area contributed by atoms with Gasteiger partial charge in [0.15, 0.2) is 11.5 Å².